The minimum Gasteiger partial charge on any atom is -0.487 e. The van der Waals surface area contributed by atoms with Crippen LogP contribution in [0, 0.1) is 0 Å². The Balaban J connectivity index is 1.80. The number of anilines is 1. The number of aryl methyl sites for hydroxylation is 1. The molecule has 0 atom stereocenters. The van der Waals surface area contributed by atoms with Crippen molar-refractivity contribution in [3.63, 3.8) is 0 Å². The molecule has 2 aromatic rings. The number of para-hydroxylation sites is 1. The molecule has 0 aliphatic carbocycles. The van der Waals surface area contributed by atoms with E-state index in [4.69, 9.17) is 27.9 Å². The van der Waals surface area contributed by atoms with Gasteiger partial charge in [0.25, 0.3) is 0 Å². The molecule has 0 saturated heterocycles. The van der Waals surface area contributed by atoms with Crippen LogP contribution in [0.2, 0.25) is 10.0 Å². The van der Waals surface area contributed by atoms with Crippen molar-refractivity contribution >= 4 is 28.9 Å². The van der Waals surface area contributed by atoms with Crippen molar-refractivity contribution in [2.75, 3.05) is 11.9 Å². The van der Waals surface area contributed by atoms with Crippen LogP contribution >= 0.6 is 23.2 Å². The molecule has 1 heterocycles. The number of ether oxygens (including phenoxy) is 1. The zero-order valence-electron chi connectivity index (χ0n) is 11.0. The lowest BCUT2D eigenvalue weighted by molar-refractivity contribution is 0.307. The minimum absolute atomic E-state index is 0.414. The van der Waals surface area contributed by atoms with E-state index in [1.54, 1.807) is 12.1 Å². The van der Waals surface area contributed by atoms with Gasteiger partial charge in [-0.1, -0.05) is 35.3 Å². The Hall–Kier alpha value is -1.38. The van der Waals surface area contributed by atoms with E-state index in [1.807, 2.05) is 18.2 Å². The fourth-order valence-corrected chi connectivity index (χ4v) is 2.77. The lowest BCUT2D eigenvalue weighted by atomic mass is 10.0. The third kappa shape index (κ3) is 2.87. The van der Waals surface area contributed by atoms with Crippen molar-refractivity contribution in [2.24, 2.45) is 0 Å². The molecule has 0 radical (unpaired) electrons. The van der Waals surface area contributed by atoms with Gasteiger partial charge in [-0.05, 0) is 42.7 Å². The number of benzene rings is 2. The molecule has 0 spiro atoms. The maximum atomic E-state index is 6.15. The van der Waals surface area contributed by atoms with Crippen molar-refractivity contribution in [1.29, 1.82) is 0 Å². The first-order valence-corrected chi connectivity index (χ1v) is 7.42. The highest BCUT2D eigenvalue weighted by Crippen LogP contribution is 2.33. The average Bonchev–Trinajstić information content (AvgIpc) is 2.48. The highest BCUT2D eigenvalue weighted by molar-refractivity contribution is 6.33. The van der Waals surface area contributed by atoms with Gasteiger partial charge in [-0.25, -0.2) is 0 Å². The normalized spacial score (nSPS) is 13.5. The van der Waals surface area contributed by atoms with Gasteiger partial charge in [-0.15, -0.1) is 0 Å². The molecule has 20 heavy (non-hydrogen) atoms. The van der Waals surface area contributed by atoms with E-state index in [0.29, 0.717) is 16.7 Å². The fourth-order valence-electron chi connectivity index (χ4n) is 2.41. The summed E-state index contributed by atoms with van der Waals surface area (Å²) < 4.78 is 5.92. The molecule has 2 nitrogen and oxygen atoms in total. The fraction of sp³-hybridized carbons (Fsp3) is 0.250. The van der Waals surface area contributed by atoms with Gasteiger partial charge >= 0.3 is 0 Å². The summed E-state index contributed by atoms with van der Waals surface area (Å²) in [4.78, 5) is 0. The summed E-state index contributed by atoms with van der Waals surface area (Å²) in [6.45, 7) is 1.41. The van der Waals surface area contributed by atoms with Crippen LogP contribution in [0.5, 0.6) is 5.75 Å². The number of hydrogen-bond donors (Lipinski definition) is 1. The first kappa shape index (κ1) is 13.6. The standard InChI is InChI=1S/C16H15Cl2NO/c17-13-6-7-14(18)12(9-13)10-20-15-5-1-3-11-4-2-8-19-16(11)15/h1,3,5-7,9,19H,2,4,8,10H2. The Bertz CT molecular complexity index is 628. The van der Waals surface area contributed by atoms with Gasteiger partial charge in [0, 0.05) is 22.2 Å². The maximum Gasteiger partial charge on any atom is 0.143 e. The summed E-state index contributed by atoms with van der Waals surface area (Å²) in [6.07, 6.45) is 2.26. The molecule has 3 rings (SSSR count). The lowest BCUT2D eigenvalue weighted by Crippen LogP contribution is -2.13. The van der Waals surface area contributed by atoms with E-state index in [2.05, 4.69) is 11.4 Å². The number of halogens is 2. The third-order valence-corrected chi connectivity index (χ3v) is 4.03. The monoisotopic (exact) mass is 307 g/mol. The van der Waals surface area contributed by atoms with Gasteiger partial charge in [-0.2, -0.15) is 0 Å². The summed E-state index contributed by atoms with van der Waals surface area (Å²) in [5.41, 5.74) is 3.32. The van der Waals surface area contributed by atoms with E-state index in [1.165, 1.54) is 5.56 Å². The minimum atomic E-state index is 0.414. The predicted octanol–water partition coefficient (Wildman–Crippen LogP) is 4.93. The zero-order valence-corrected chi connectivity index (χ0v) is 12.5. The van der Waals surface area contributed by atoms with Crippen LogP contribution in [-0.4, -0.2) is 6.54 Å². The molecule has 104 valence electrons. The van der Waals surface area contributed by atoms with Gasteiger partial charge in [0.15, 0.2) is 0 Å². The van der Waals surface area contributed by atoms with Crippen molar-refractivity contribution in [1.82, 2.24) is 0 Å². The van der Waals surface area contributed by atoms with Crippen LogP contribution in [-0.2, 0) is 13.0 Å². The van der Waals surface area contributed by atoms with Crippen LogP contribution < -0.4 is 10.1 Å². The molecule has 0 bridgehead atoms. The quantitative estimate of drug-likeness (QED) is 0.868. The lowest BCUT2D eigenvalue weighted by Gasteiger charge is -2.21. The Morgan fingerprint density at radius 2 is 2.05 bits per heavy atom. The van der Waals surface area contributed by atoms with Gasteiger partial charge in [-0.3, -0.25) is 0 Å². The molecule has 1 aliphatic rings. The Morgan fingerprint density at radius 1 is 1.15 bits per heavy atom. The number of hydrogen-bond acceptors (Lipinski definition) is 2. The molecule has 0 amide bonds. The van der Waals surface area contributed by atoms with E-state index >= 15 is 0 Å². The van der Waals surface area contributed by atoms with Crippen LogP contribution in [0.3, 0.4) is 0 Å². The van der Waals surface area contributed by atoms with E-state index in [9.17, 15) is 0 Å². The summed E-state index contributed by atoms with van der Waals surface area (Å²) >= 11 is 12.1. The second kappa shape index (κ2) is 5.94. The molecule has 0 aromatic heterocycles. The van der Waals surface area contributed by atoms with E-state index in [0.717, 1.165) is 36.4 Å². The van der Waals surface area contributed by atoms with E-state index < -0.39 is 0 Å². The van der Waals surface area contributed by atoms with Gasteiger partial charge in [0.05, 0.1) is 5.69 Å². The largest absolute Gasteiger partial charge is 0.487 e. The molecule has 1 aliphatic heterocycles. The molecular weight excluding hydrogens is 293 g/mol. The second-order valence-electron chi connectivity index (χ2n) is 4.85. The van der Waals surface area contributed by atoms with Crippen LogP contribution in [0.4, 0.5) is 5.69 Å². The summed E-state index contributed by atoms with van der Waals surface area (Å²) in [7, 11) is 0. The van der Waals surface area contributed by atoms with Crippen LogP contribution in [0.1, 0.15) is 17.5 Å². The zero-order chi connectivity index (χ0) is 13.9. The van der Waals surface area contributed by atoms with Crippen molar-refractivity contribution in [3.05, 3.63) is 57.6 Å². The smallest absolute Gasteiger partial charge is 0.143 e. The van der Waals surface area contributed by atoms with Gasteiger partial charge in [0.1, 0.15) is 12.4 Å². The van der Waals surface area contributed by atoms with Crippen molar-refractivity contribution in [2.45, 2.75) is 19.4 Å². The van der Waals surface area contributed by atoms with Crippen LogP contribution in [0.25, 0.3) is 0 Å². The van der Waals surface area contributed by atoms with Crippen molar-refractivity contribution in [3.8, 4) is 5.75 Å². The van der Waals surface area contributed by atoms with Gasteiger partial charge < -0.3 is 10.1 Å². The first-order valence-electron chi connectivity index (χ1n) is 6.66. The summed E-state index contributed by atoms with van der Waals surface area (Å²) in [5, 5.41) is 4.75. The topological polar surface area (TPSA) is 21.3 Å². The molecule has 0 saturated carbocycles. The highest BCUT2D eigenvalue weighted by atomic mass is 35.5. The highest BCUT2D eigenvalue weighted by Gasteiger charge is 2.13. The molecule has 0 fully saturated rings. The first-order chi connectivity index (χ1) is 9.74. The number of nitrogens with one attached hydrogen (secondary N) is 1. The van der Waals surface area contributed by atoms with Crippen molar-refractivity contribution < 1.29 is 4.74 Å². The molecular formula is C16H15Cl2NO. The second-order valence-corrected chi connectivity index (χ2v) is 5.69. The van der Waals surface area contributed by atoms with E-state index in [-0.39, 0.29) is 0 Å². The van der Waals surface area contributed by atoms with Gasteiger partial charge in [0.2, 0.25) is 0 Å². The Kier molecular flexibility index (Phi) is 4.04. The number of fused-ring (bicyclic) bond motifs is 1. The average molecular weight is 308 g/mol. The SMILES string of the molecule is Clc1ccc(Cl)c(COc2cccc3c2NCCC3)c1. The Morgan fingerprint density at radius 3 is 2.95 bits per heavy atom. The predicted molar refractivity (Wildman–Crippen MR) is 84.0 cm³/mol. The Labute approximate surface area is 128 Å². The molecule has 2 aromatic carbocycles. The molecule has 1 N–H and O–H groups in total. The third-order valence-electron chi connectivity index (χ3n) is 3.43. The molecule has 4 heteroatoms. The number of rotatable bonds is 3. The summed E-state index contributed by atoms with van der Waals surface area (Å²) in [6, 6.07) is 11.6. The summed E-state index contributed by atoms with van der Waals surface area (Å²) in [5.74, 6) is 0.873. The maximum absolute atomic E-state index is 6.15. The molecule has 0 unspecified atom stereocenters. The van der Waals surface area contributed by atoms with Crippen LogP contribution in [0.15, 0.2) is 36.4 Å².